The van der Waals surface area contributed by atoms with Gasteiger partial charge in [-0.25, -0.2) is 0 Å². The smallest absolute Gasteiger partial charge is 0.389 e. The van der Waals surface area contributed by atoms with Crippen LogP contribution in [-0.2, 0) is 16.0 Å². The van der Waals surface area contributed by atoms with E-state index in [9.17, 15) is 22.8 Å². The van der Waals surface area contributed by atoms with Crippen LogP contribution in [0.15, 0.2) is 24.3 Å². The third-order valence-corrected chi connectivity index (χ3v) is 3.09. The van der Waals surface area contributed by atoms with E-state index in [2.05, 4.69) is 10.6 Å². The third kappa shape index (κ3) is 7.14. The van der Waals surface area contributed by atoms with Gasteiger partial charge in [0.25, 0.3) is 0 Å². The summed E-state index contributed by atoms with van der Waals surface area (Å²) in [4.78, 5) is 23.5. The van der Waals surface area contributed by atoms with E-state index in [0.29, 0.717) is 12.0 Å². The van der Waals surface area contributed by atoms with Crippen molar-refractivity contribution in [2.24, 2.45) is 0 Å². The molecule has 1 atom stereocenters. The van der Waals surface area contributed by atoms with Crippen molar-refractivity contribution in [1.29, 1.82) is 0 Å². The Bertz CT molecular complexity index is 547. The Morgan fingerprint density at radius 3 is 2.48 bits per heavy atom. The molecule has 23 heavy (non-hydrogen) atoms. The molecular formula is C15H19F3N2O3. The highest BCUT2D eigenvalue weighted by Crippen LogP contribution is 2.25. The second kappa shape index (κ2) is 8.52. The number of hydrogen-bond acceptors (Lipinski definition) is 3. The maximum Gasteiger partial charge on any atom is 0.389 e. The molecule has 8 heteroatoms. The fourth-order valence-corrected chi connectivity index (χ4v) is 1.87. The number of hydrogen-bond donors (Lipinski definition) is 3. The second-order valence-electron chi connectivity index (χ2n) is 5.11. The van der Waals surface area contributed by atoms with E-state index in [-0.39, 0.29) is 18.7 Å². The molecule has 0 heterocycles. The van der Waals surface area contributed by atoms with Crippen molar-refractivity contribution in [3.63, 3.8) is 0 Å². The summed E-state index contributed by atoms with van der Waals surface area (Å²) in [6.45, 7) is 1.49. The number of aliphatic hydroxyl groups is 1. The van der Waals surface area contributed by atoms with Crippen LogP contribution in [0.5, 0.6) is 0 Å². The SMILES string of the molecule is C[C@H](CCO)NC(=O)C(=O)Nc1ccccc1CCC(F)(F)F. The first-order chi connectivity index (χ1) is 10.7. The van der Waals surface area contributed by atoms with E-state index in [1.165, 1.54) is 12.1 Å². The quantitative estimate of drug-likeness (QED) is 0.697. The average molecular weight is 332 g/mol. The van der Waals surface area contributed by atoms with Crippen molar-refractivity contribution in [2.75, 3.05) is 11.9 Å². The van der Waals surface area contributed by atoms with Gasteiger partial charge in [0, 0.05) is 24.8 Å². The Hall–Kier alpha value is -2.09. The molecule has 0 saturated heterocycles. The van der Waals surface area contributed by atoms with Crippen LogP contribution in [0.4, 0.5) is 18.9 Å². The van der Waals surface area contributed by atoms with E-state index in [4.69, 9.17) is 5.11 Å². The second-order valence-corrected chi connectivity index (χ2v) is 5.11. The molecule has 2 amide bonds. The summed E-state index contributed by atoms with van der Waals surface area (Å²) in [7, 11) is 0. The number of alkyl halides is 3. The maximum atomic E-state index is 12.3. The summed E-state index contributed by atoms with van der Waals surface area (Å²) in [6, 6.07) is 5.63. The lowest BCUT2D eigenvalue weighted by atomic mass is 10.1. The van der Waals surface area contributed by atoms with Gasteiger partial charge in [-0.2, -0.15) is 13.2 Å². The zero-order chi connectivity index (χ0) is 17.5. The Kier molecular flexibility index (Phi) is 7.02. The molecule has 1 rings (SSSR count). The highest BCUT2D eigenvalue weighted by molar-refractivity contribution is 6.39. The number of carbonyl (C=O) groups is 2. The van der Waals surface area contributed by atoms with Crippen LogP contribution in [0.1, 0.15) is 25.3 Å². The molecule has 0 aliphatic rings. The molecule has 0 fully saturated rings. The predicted molar refractivity (Wildman–Crippen MR) is 78.8 cm³/mol. The first-order valence-corrected chi connectivity index (χ1v) is 7.10. The Morgan fingerprint density at radius 1 is 1.22 bits per heavy atom. The average Bonchev–Trinajstić information content (AvgIpc) is 2.45. The minimum Gasteiger partial charge on any atom is -0.396 e. The molecule has 5 nitrogen and oxygen atoms in total. The number of aryl methyl sites for hydroxylation is 1. The van der Waals surface area contributed by atoms with E-state index in [1.54, 1.807) is 19.1 Å². The van der Waals surface area contributed by atoms with E-state index in [0.717, 1.165) is 0 Å². The molecule has 0 spiro atoms. The summed E-state index contributed by atoms with van der Waals surface area (Å²) in [5, 5.41) is 13.4. The highest BCUT2D eigenvalue weighted by atomic mass is 19.4. The summed E-state index contributed by atoms with van der Waals surface area (Å²) in [6.07, 6.45) is -5.31. The number of rotatable bonds is 6. The zero-order valence-electron chi connectivity index (χ0n) is 12.6. The number of halogens is 3. The predicted octanol–water partition coefficient (Wildman–Crippen LogP) is 2.01. The van der Waals surface area contributed by atoms with E-state index in [1.807, 2.05) is 0 Å². The molecule has 3 N–H and O–H groups in total. The Balaban J connectivity index is 2.69. The van der Waals surface area contributed by atoms with Gasteiger partial charge in [-0.3, -0.25) is 9.59 Å². The van der Waals surface area contributed by atoms with Crippen LogP contribution >= 0.6 is 0 Å². The van der Waals surface area contributed by atoms with Crippen molar-refractivity contribution >= 4 is 17.5 Å². The monoisotopic (exact) mass is 332 g/mol. The van der Waals surface area contributed by atoms with Crippen LogP contribution in [0, 0.1) is 0 Å². The molecule has 0 saturated carbocycles. The van der Waals surface area contributed by atoms with E-state index >= 15 is 0 Å². The van der Waals surface area contributed by atoms with Crippen LogP contribution in [-0.4, -0.2) is 35.7 Å². The van der Waals surface area contributed by atoms with Gasteiger partial charge in [0.1, 0.15) is 0 Å². The largest absolute Gasteiger partial charge is 0.396 e. The van der Waals surface area contributed by atoms with Crippen LogP contribution in [0.25, 0.3) is 0 Å². The van der Waals surface area contributed by atoms with Gasteiger partial charge in [-0.15, -0.1) is 0 Å². The number of benzene rings is 1. The van der Waals surface area contributed by atoms with Gasteiger partial charge in [0.15, 0.2) is 0 Å². The first-order valence-electron chi connectivity index (χ1n) is 7.10. The lowest BCUT2D eigenvalue weighted by molar-refractivity contribution is -0.136. The number of anilines is 1. The summed E-state index contributed by atoms with van der Waals surface area (Å²) < 4.78 is 36.9. The van der Waals surface area contributed by atoms with Crippen LogP contribution < -0.4 is 10.6 Å². The minimum atomic E-state index is -4.30. The lowest BCUT2D eigenvalue weighted by Crippen LogP contribution is -2.41. The zero-order valence-corrected chi connectivity index (χ0v) is 12.6. The molecular weight excluding hydrogens is 313 g/mol. The molecule has 0 bridgehead atoms. The lowest BCUT2D eigenvalue weighted by Gasteiger charge is -2.14. The molecule has 0 unspecified atom stereocenters. The molecule has 1 aromatic rings. The molecule has 0 radical (unpaired) electrons. The normalized spacial score (nSPS) is 12.6. The van der Waals surface area contributed by atoms with E-state index < -0.39 is 30.5 Å². The number of para-hydroxylation sites is 1. The minimum absolute atomic E-state index is 0.136. The molecule has 128 valence electrons. The number of carbonyl (C=O) groups excluding carboxylic acids is 2. The van der Waals surface area contributed by atoms with Gasteiger partial charge < -0.3 is 15.7 Å². The van der Waals surface area contributed by atoms with Gasteiger partial charge in [-0.05, 0) is 31.4 Å². The molecule has 0 aliphatic carbocycles. The van der Waals surface area contributed by atoms with Gasteiger partial charge in [0.05, 0.1) is 0 Å². The van der Waals surface area contributed by atoms with Gasteiger partial charge >= 0.3 is 18.0 Å². The third-order valence-electron chi connectivity index (χ3n) is 3.09. The first kappa shape index (κ1) is 19.0. The summed E-state index contributed by atoms with van der Waals surface area (Å²) >= 11 is 0. The fourth-order valence-electron chi connectivity index (χ4n) is 1.87. The van der Waals surface area contributed by atoms with Crippen LogP contribution in [0.3, 0.4) is 0 Å². The molecule has 0 aromatic heterocycles. The van der Waals surface area contributed by atoms with Crippen molar-refractivity contribution < 1.29 is 27.9 Å². The standard InChI is InChI=1S/C15H19F3N2O3/c1-10(7-9-21)19-13(22)14(23)20-12-5-3-2-4-11(12)6-8-15(16,17)18/h2-5,10,21H,6-9H2,1H3,(H,19,22)(H,20,23)/t10-/m1/s1. The van der Waals surface area contributed by atoms with Crippen molar-refractivity contribution in [3.8, 4) is 0 Å². The Morgan fingerprint density at radius 2 is 1.87 bits per heavy atom. The summed E-state index contributed by atoms with van der Waals surface area (Å²) in [5.74, 6) is -1.87. The Labute approximate surface area is 131 Å². The topological polar surface area (TPSA) is 78.4 Å². The van der Waals surface area contributed by atoms with Crippen molar-refractivity contribution in [1.82, 2.24) is 5.32 Å². The number of amides is 2. The molecule has 1 aromatic carbocycles. The highest BCUT2D eigenvalue weighted by Gasteiger charge is 2.27. The maximum absolute atomic E-state index is 12.3. The van der Waals surface area contributed by atoms with Gasteiger partial charge in [-0.1, -0.05) is 18.2 Å². The van der Waals surface area contributed by atoms with Gasteiger partial charge in [0.2, 0.25) is 0 Å². The molecule has 0 aliphatic heterocycles. The summed E-state index contributed by atoms with van der Waals surface area (Å²) in [5.41, 5.74) is 0.473. The van der Waals surface area contributed by atoms with Crippen molar-refractivity contribution in [3.05, 3.63) is 29.8 Å². The van der Waals surface area contributed by atoms with Crippen LogP contribution in [0.2, 0.25) is 0 Å². The fraction of sp³-hybridized carbons (Fsp3) is 0.467. The van der Waals surface area contributed by atoms with Crippen molar-refractivity contribution in [2.45, 2.75) is 38.4 Å². The number of nitrogens with one attached hydrogen (secondary N) is 2. The number of aliphatic hydroxyl groups excluding tert-OH is 1.